The van der Waals surface area contributed by atoms with Gasteiger partial charge in [0.15, 0.2) is 0 Å². The Morgan fingerprint density at radius 1 is 1.33 bits per heavy atom. The molecule has 3 aromatic rings. The summed E-state index contributed by atoms with van der Waals surface area (Å²) >= 11 is 4.20. The standard InChI is InChI=1S/C16H17N5O4S2/c1-20-9-18-11-4-3-5-12(15(11)20)19-16(22)21(26)13-8-10(27(17,23)24)6-7-14(13)25-2/h3-9,26H,1-2H3,(H,19,22)(H2,17,23,24). The highest BCUT2D eigenvalue weighted by molar-refractivity contribution is 7.89. The molecule has 27 heavy (non-hydrogen) atoms. The van der Waals surface area contributed by atoms with Crippen molar-refractivity contribution >= 4 is 51.3 Å². The van der Waals surface area contributed by atoms with Gasteiger partial charge < -0.3 is 14.6 Å². The summed E-state index contributed by atoms with van der Waals surface area (Å²) in [5, 5.41) is 7.89. The monoisotopic (exact) mass is 407 g/mol. The molecule has 2 aromatic carbocycles. The van der Waals surface area contributed by atoms with Gasteiger partial charge in [-0.2, -0.15) is 0 Å². The van der Waals surface area contributed by atoms with Crippen LogP contribution in [0.2, 0.25) is 0 Å². The number of aromatic nitrogens is 2. The Bertz CT molecular complexity index is 1130. The second kappa shape index (κ2) is 7.10. The number of amides is 2. The number of carbonyl (C=O) groups excluding carboxylic acids is 1. The average Bonchev–Trinajstić information content (AvgIpc) is 3.02. The van der Waals surface area contributed by atoms with Crippen LogP contribution >= 0.6 is 12.8 Å². The lowest BCUT2D eigenvalue weighted by Gasteiger charge is -2.20. The molecule has 9 nitrogen and oxygen atoms in total. The number of para-hydroxylation sites is 1. The number of nitrogens with two attached hydrogens (primary N) is 1. The number of imidazole rings is 1. The maximum Gasteiger partial charge on any atom is 0.336 e. The van der Waals surface area contributed by atoms with Gasteiger partial charge in [-0.3, -0.25) is 0 Å². The Kier molecular flexibility index (Phi) is 5.00. The molecule has 0 saturated carbocycles. The van der Waals surface area contributed by atoms with Crippen LogP contribution in [0, 0.1) is 0 Å². The lowest BCUT2D eigenvalue weighted by Crippen LogP contribution is -2.27. The van der Waals surface area contributed by atoms with E-state index in [1.807, 2.05) is 13.1 Å². The number of hydrogen-bond acceptors (Lipinski definition) is 6. The van der Waals surface area contributed by atoms with Crippen LogP contribution in [0.5, 0.6) is 5.75 Å². The van der Waals surface area contributed by atoms with E-state index in [0.717, 1.165) is 15.3 Å². The van der Waals surface area contributed by atoms with E-state index in [1.165, 1.54) is 25.3 Å². The van der Waals surface area contributed by atoms with E-state index < -0.39 is 16.1 Å². The second-order valence-corrected chi connectivity index (χ2v) is 7.61. The highest BCUT2D eigenvalue weighted by Gasteiger charge is 2.21. The number of nitrogens with one attached hydrogen (secondary N) is 1. The number of fused-ring (bicyclic) bond motifs is 1. The third kappa shape index (κ3) is 3.70. The van der Waals surface area contributed by atoms with Crippen molar-refractivity contribution in [3.8, 4) is 5.75 Å². The van der Waals surface area contributed by atoms with Crippen molar-refractivity contribution in [3.05, 3.63) is 42.7 Å². The summed E-state index contributed by atoms with van der Waals surface area (Å²) < 4.78 is 31.1. The van der Waals surface area contributed by atoms with Gasteiger partial charge in [-0.1, -0.05) is 18.9 Å². The molecule has 2 amide bonds. The molecule has 1 aromatic heterocycles. The SMILES string of the molecule is COc1ccc(S(N)(=O)=O)cc1N(S)C(=O)Nc1cccc2ncn(C)c12. The summed E-state index contributed by atoms with van der Waals surface area (Å²) in [5.74, 6) is 0.256. The number of thiol groups is 1. The molecule has 0 aliphatic heterocycles. The maximum atomic E-state index is 12.7. The number of sulfonamides is 1. The molecule has 0 spiro atoms. The number of anilines is 2. The van der Waals surface area contributed by atoms with E-state index >= 15 is 0 Å². The fourth-order valence-electron chi connectivity index (χ4n) is 2.60. The lowest BCUT2D eigenvalue weighted by molar-refractivity contribution is 0.260. The maximum absolute atomic E-state index is 12.7. The van der Waals surface area contributed by atoms with Crippen LogP contribution in [-0.2, 0) is 17.1 Å². The molecular weight excluding hydrogens is 390 g/mol. The van der Waals surface area contributed by atoms with Crippen LogP contribution in [0.1, 0.15) is 0 Å². The number of carbonyl (C=O) groups is 1. The summed E-state index contributed by atoms with van der Waals surface area (Å²) in [7, 11) is -0.753. The Balaban J connectivity index is 1.97. The second-order valence-electron chi connectivity index (χ2n) is 5.65. The predicted molar refractivity (Wildman–Crippen MR) is 106 cm³/mol. The molecule has 0 bridgehead atoms. The van der Waals surface area contributed by atoms with E-state index in [2.05, 4.69) is 23.1 Å². The number of ether oxygens (including phenoxy) is 1. The fraction of sp³-hybridized carbons (Fsp3) is 0.125. The van der Waals surface area contributed by atoms with Crippen LogP contribution in [0.4, 0.5) is 16.2 Å². The zero-order valence-electron chi connectivity index (χ0n) is 14.4. The van der Waals surface area contributed by atoms with Crippen molar-refractivity contribution in [1.82, 2.24) is 9.55 Å². The van der Waals surface area contributed by atoms with Gasteiger partial charge in [-0.25, -0.2) is 27.6 Å². The zero-order valence-corrected chi connectivity index (χ0v) is 16.2. The molecule has 0 aliphatic rings. The van der Waals surface area contributed by atoms with Crippen molar-refractivity contribution in [3.63, 3.8) is 0 Å². The highest BCUT2D eigenvalue weighted by atomic mass is 32.2. The van der Waals surface area contributed by atoms with E-state index in [1.54, 1.807) is 23.0 Å². The van der Waals surface area contributed by atoms with Gasteiger partial charge in [0.25, 0.3) is 0 Å². The number of nitrogens with zero attached hydrogens (tertiary/aromatic N) is 3. The van der Waals surface area contributed by atoms with E-state index in [-0.39, 0.29) is 16.3 Å². The number of benzene rings is 2. The van der Waals surface area contributed by atoms with Gasteiger partial charge >= 0.3 is 6.03 Å². The Hall–Kier alpha value is -2.76. The number of methoxy groups -OCH3 is 1. The molecule has 0 fully saturated rings. The molecule has 0 radical (unpaired) electrons. The van der Waals surface area contributed by atoms with Crippen molar-refractivity contribution < 1.29 is 17.9 Å². The summed E-state index contributed by atoms with van der Waals surface area (Å²) in [6, 6.07) is 8.59. The molecule has 142 valence electrons. The van der Waals surface area contributed by atoms with Crippen molar-refractivity contribution in [1.29, 1.82) is 0 Å². The third-order valence-corrected chi connectivity index (χ3v) is 5.19. The van der Waals surface area contributed by atoms with Gasteiger partial charge in [-0.15, -0.1) is 0 Å². The zero-order chi connectivity index (χ0) is 19.8. The van der Waals surface area contributed by atoms with Crippen LogP contribution in [0.15, 0.2) is 47.6 Å². The third-order valence-electron chi connectivity index (χ3n) is 3.88. The topological polar surface area (TPSA) is 120 Å². The molecule has 1 heterocycles. The summed E-state index contributed by atoms with van der Waals surface area (Å²) in [6.45, 7) is 0. The molecule has 0 unspecified atom stereocenters. The van der Waals surface area contributed by atoms with Gasteiger partial charge in [0, 0.05) is 7.05 Å². The fourth-order valence-corrected chi connectivity index (χ4v) is 3.34. The molecule has 0 aliphatic carbocycles. The number of aryl methyl sites for hydroxylation is 1. The van der Waals surface area contributed by atoms with Crippen molar-refractivity contribution in [2.45, 2.75) is 4.90 Å². The van der Waals surface area contributed by atoms with Crippen LogP contribution < -0.4 is 19.5 Å². The largest absolute Gasteiger partial charge is 0.495 e. The van der Waals surface area contributed by atoms with E-state index in [0.29, 0.717) is 5.69 Å². The molecule has 0 saturated heterocycles. The predicted octanol–water partition coefficient (Wildman–Crippen LogP) is 2.11. The summed E-state index contributed by atoms with van der Waals surface area (Å²) in [6.07, 6.45) is 1.64. The first-order valence-corrected chi connectivity index (χ1v) is 9.58. The summed E-state index contributed by atoms with van der Waals surface area (Å²) in [5.41, 5.74) is 2.10. The first-order chi connectivity index (χ1) is 12.7. The lowest BCUT2D eigenvalue weighted by atomic mass is 10.2. The molecular formula is C16H17N5O4S2. The minimum Gasteiger partial charge on any atom is -0.495 e. The van der Waals surface area contributed by atoms with Crippen molar-refractivity contribution in [2.24, 2.45) is 12.2 Å². The molecule has 11 heteroatoms. The first-order valence-electron chi connectivity index (χ1n) is 7.63. The van der Waals surface area contributed by atoms with Crippen LogP contribution in [0.25, 0.3) is 11.0 Å². The van der Waals surface area contributed by atoms with E-state index in [4.69, 9.17) is 9.88 Å². The normalized spacial score (nSPS) is 11.4. The van der Waals surface area contributed by atoms with Crippen LogP contribution in [0.3, 0.4) is 0 Å². The van der Waals surface area contributed by atoms with Gasteiger partial charge in [0.05, 0.1) is 35.1 Å². The minimum absolute atomic E-state index is 0.127. The molecule has 0 atom stereocenters. The molecule has 3 N–H and O–H groups in total. The Labute approximate surface area is 161 Å². The summed E-state index contributed by atoms with van der Waals surface area (Å²) in [4.78, 5) is 16.8. The van der Waals surface area contributed by atoms with Gasteiger partial charge in [0.1, 0.15) is 11.4 Å². The number of urea groups is 1. The van der Waals surface area contributed by atoms with Gasteiger partial charge in [0.2, 0.25) is 10.0 Å². The first kappa shape index (κ1) is 19.0. The molecule has 3 rings (SSSR count). The van der Waals surface area contributed by atoms with Crippen molar-refractivity contribution in [2.75, 3.05) is 16.7 Å². The number of rotatable bonds is 4. The van der Waals surface area contributed by atoms with Gasteiger partial charge in [-0.05, 0) is 30.3 Å². The Morgan fingerprint density at radius 2 is 2.07 bits per heavy atom. The number of hydrogen-bond donors (Lipinski definition) is 3. The quantitative estimate of drug-likeness (QED) is 0.572. The smallest absolute Gasteiger partial charge is 0.336 e. The Morgan fingerprint density at radius 3 is 2.74 bits per heavy atom. The highest BCUT2D eigenvalue weighted by Crippen LogP contribution is 2.32. The average molecular weight is 407 g/mol. The number of primary sulfonamides is 1. The minimum atomic E-state index is -3.95. The van der Waals surface area contributed by atoms with E-state index in [9.17, 15) is 13.2 Å². The van der Waals surface area contributed by atoms with Crippen LogP contribution in [-0.4, -0.2) is 31.1 Å².